The fourth-order valence-corrected chi connectivity index (χ4v) is 2.22. The van der Waals surface area contributed by atoms with Gasteiger partial charge in [0.1, 0.15) is 0 Å². The molecular formula is C22H22Cl2N2SiZr-2. The van der Waals surface area contributed by atoms with E-state index >= 15 is 0 Å². The largest absolute Gasteiger partial charge is 1.00 e. The fraction of sp³-hybridized carbons (Fsp3) is 0.0909. The van der Waals surface area contributed by atoms with Gasteiger partial charge in [-0.25, -0.2) is 0 Å². The third kappa shape index (κ3) is 10.3. The van der Waals surface area contributed by atoms with Crippen molar-refractivity contribution in [3.05, 3.63) is 97.6 Å². The number of pyridine rings is 2. The molecule has 0 amide bonds. The molecule has 0 bridgehead atoms. The van der Waals surface area contributed by atoms with Crippen molar-refractivity contribution < 1.29 is 48.1 Å². The minimum Gasteiger partial charge on any atom is -1.00 e. The van der Waals surface area contributed by atoms with Gasteiger partial charge >= 0.3 is 41.9 Å². The van der Waals surface area contributed by atoms with E-state index in [-0.39, 0.29) is 30.2 Å². The molecule has 0 spiro atoms. The third-order valence-corrected chi connectivity index (χ3v) is 3.35. The minimum absolute atomic E-state index is 0. The molecule has 0 fully saturated rings. The standard InChI is InChI=1S/2C10H8N.C2H6Si.2ClH.Zr/c2*1-2-4-9(3-1)10-5-7-11-8-6-10;1-3-2;;;/h2*1-8H;1-2H3;2*1H;/q2*-1;;;;+2/p-2. The van der Waals surface area contributed by atoms with E-state index in [1.54, 1.807) is 23.3 Å². The van der Waals surface area contributed by atoms with Crippen LogP contribution in [-0.2, 0) is 23.3 Å². The predicted octanol–water partition coefficient (Wildman–Crippen LogP) is -0.273. The molecule has 2 aromatic carbocycles. The Morgan fingerprint density at radius 2 is 0.893 bits per heavy atom. The second kappa shape index (κ2) is 15.6. The zero-order valence-corrected chi connectivity index (χ0v) is 20.9. The second-order valence-electron chi connectivity index (χ2n) is 5.82. The average molecular weight is 505 g/mol. The Labute approximate surface area is 195 Å². The average Bonchev–Trinajstić information content (AvgIpc) is 3.37. The van der Waals surface area contributed by atoms with Gasteiger partial charge in [0, 0.05) is 0 Å². The van der Waals surface area contributed by atoms with Gasteiger partial charge in [-0.15, -0.1) is 59.7 Å². The van der Waals surface area contributed by atoms with Gasteiger partial charge in [-0.2, -0.15) is 24.3 Å². The van der Waals surface area contributed by atoms with Crippen LogP contribution in [0.2, 0.25) is 13.1 Å². The zero-order chi connectivity index (χ0) is 18.6. The topological polar surface area (TPSA) is 25.8 Å². The van der Waals surface area contributed by atoms with Gasteiger partial charge in [0.05, 0.1) is 0 Å². The summed E-state index contributed by atoms with van der Waals surface area (Å²) in [6, 6.07) is 24.6. The molecule has 0 unspecified atom stereocenters. The Balaban J connectivity index is 0.000000415. The van der Waals surface area contributed by atoms with Crippen LogP contribution in [-0.4, -0.2) is 15.4 Å². The van der Waals surface area contributed by atoms with Gasteiger partial charge in [-0.3, -0.25) is 9.97 Å². The number of rotatable bonds is 2. The van der Waals surface area contributed by atoms with Crippen LogP contribution in [0.25, 0.3) is 22.3 Å². The molecule has 4 rings (SSSR count). The number of nitrogens with zero attached hydrogens (tertiary/aromatic N) is 2. The Morgan fingerprint density at radius 3 is 1.14 bits per heavy atom. The second-order valence-corrected chi connectivity index (χ2v) is 15.2. The van der Waals surface area contributed by atoms with Crippen molar-refractivity contribution in [1.29, 1.82) is 0 Å². The first-order valence-electron chi connectivity index (χ1n) is 8.43. The predicted molar refractivity (Wildman–Crippen MR) is 108 cm³/mol. The van der Waals surface area contributed by atoms with Gasteiger partial charge in [0.25, 0.3) is 0 Å². The van der Waals surface area contributed by atoms with Crippen LogP contribution in [0.3, 0.4) is 0 Å². The van der Waals surface area contributed by atoms with E-state index in [1.165, 1.54) is 22.3 Å². The molecule has 2 heterocycles. The number of aromatic nitrogens is 2. The summed E-state index contributed by atoms with van der Waals surface area (Å²) in [5.41, 5.74) is 5.18. The van der Waals surface area contributed by atoms with Gasteiger partial charge in [-0.1, -0.05) is 11.1 Å². The molecule has 0 radical (unpaired) electrons. The van der Waals surface area contributed by atoms with Crippen molar-refractivity contribution in [1.82, 2.24) is 9.97 Å². The van der Waals surface area contributed by atoms with Gasteiger partial charge < -0.3 is 24.8 Å². The smallest absolute Gasteiger partial charge is 0.00661 e. The van der Waals surface area contributed by atoms with E-state index in [2.05, 4.69) is 47.3 Å². The van der Waals surface area contributed by atoms with Crippen molar-refractivity contribution in [2.24, 2.45) is 0 Å². The van der Waals surface area contributed by atoms with Crippen LogP contribution >= 0.6 is 0 Å². The number of hydrogen-bond acceptors (Lipinski definition) is 2. The number of hydrogen-bond donors (Lipinski definition) is 0. The van der Waals surface area contributed by atoms with Crippen molar-refractivity contribution in [2.45, 2.75) is 13.1 Å². The first kappa shape index (κ1) is 26.7. The molecule has 6 heteroatoms. The van der Waals surface area contributed by atoms with Crippen LogP contribution in [0.5, 0.6) is 0 Å². The Kier molecular flexibility index (Phi) is 14.9. The quantitative estimate of drug-likeness (QED) is 0.278. The molecule has 0 saturated heterocycles. The normalized spacial score (nSPS) is 8.71. The van der Waals surface area contributed by atoms with Crippen LogP contribution in [0.4, 0.5) is 0 Å². The van der Waals surface area contributed by atoms with Crippen LogP contribution in [0, 0.1) is 0 Å². The summed E-state index contributed by atoms with van der Waals surface area (Å²) in [5.74, 6) is 0. The van der Waals surface area contributed by atoms with Crippen LogP contribution in [0.1, 0.15) is 0 Å². The molecule has 0 N–H and O–H groups in total. The SMILES string of the molecule is C[Si](C)=[Zr+2].[Cl-].[Cl-].c1cc[c-](-c2ccncc2)c1.c1cc[c-](-c2ccncc2)c1. The summed E-state index contributed by atoms with van der Waals surface area (Å²) >= 11 is 1.74. The van der Waals surface area contributed by atoms with E-state index in [1.807, 2.05) is 73.3 Å². The molecule has 4 aromatic rings. The maximum absolute atomic E-state index is 3.96. The molecule has 2 nitrogen and oxygen atoms in total. The summed E-state index contributed by atoms with van der Waals surface area (Å²) in [7, 11) is 0. The van der Waals surface area contributed by atoms with Gasteiger partial charge in [0.2, 0.25) is 0 Å². The van der Waals surface area contributed by atoms with E-state index < -0.39 is 0 Å². The van der Waals surface area contributed by atoms with E-state index in [0.29, 0.717) is 0 Å². The number of halogens is 2. The first-order valence-corrected chi connectivity index (χ1v) is 14.6. The van der Waals surface area contributed by atoms with Crippen molar-refractivity contribution in [3.8, 4) is 22.3 Å². The molecule has 2 aromatic heterocycles. The summed E-state index contributed by atoms with van der Waals surface area (Å²) < 4.78 is 0. The van der Waals surface area contributed by atoms with Gasteiger partial charge in [-0.05, 0) is 24.8 Å². The first-order chi connectivity index (χ1) is 12.7. The molecule has 28 heavy (non-hydrogen) atoms. The molecule has 0 atom stereocenters. The summed E-state index contributed by atoms with van der Waals surface area (Å²) in [6.45, 7) is 4.62. The van der Waals surface area contributed by atoms with Crippen LogP contribution in [0.15, 0.2) is 97.6 Å². The Morgan fingerprint density at radius 1 is 0.643 bits per heavy atom. The van der Waals surface area contributed by atoms with Crippen molar-refractivity contribution in [2.75, 3.05) is 0 Å². The van der Waals surface area contributed by atoms with E-state index in [9.17, 15) is 0 Å². The van der Waals surface area contributed by atoms with E-state index in [4.69, 9.17) is 0 Å². The van der Waals surface area contributed by atoms with Crippen molar-refractivity contribution in [3.63, 3.8) is 0 Å². The zero-order valence-electron chi connectivity index (χ0n) is 15.9. The molecule has 0 saturated carbocycles. The van der Waals surface area contributed by atoms with Crippen molar-refractivity contribution >= 4 is 5.43 Å². The fourth-order valence-electron chi connectivity index (χ4n) is 2.22. The maximum atomic E-state index is 3.96. The molecule has 0 aliphatic heterocycles. The summed E-state index contributed by atoms with van der Waals surface area (Å²) in [6.07, 6.45) is 7.23. The monoisotopic (exact) mass is 502 g/mol. The Bertz CT molecular complexity index is 792. The molecule has 0 aliphatic carbocycles. The van der Waals surface area contributed by atoms with Crippen LogP contribution < -0.4 is 24.8 Å². The van der Waals surface area contributed by atoms with Gasteiger partial charge in [0.15, 0.2) is 0 Å². The van der Waals surface area contributed by atoms with E-state index in [0.717, 1.165) is 0 Å². The minimum atomic E-state index is 0. The Hall–Kier alpha value is -1.32. The molecule has 0 aliphatic rings. The maximum Gasteiger partial charge on any atom is -0.00661 e. The molecular weight excluding hydrogens is 482 g/mol. The summed E-state index contributed by atoms with van der Waals surface area (Å²) in [4.78, 5) is 7.91. The third-order valence-electron chi connectivity index (χ3n) is 3.35. The molecule has 144 valence electrons. The summed E-state index contributed by atoms with van der Waals surface area (Å²) in [5, 5.41) is 0.